The highest BCUT2D eigenvalue weighted by Crippen LogP contribution is 2.36. The topological polar surface area (TPSA) is 51.8 Å². The van der Waals surface area contributed by atoms with Crippen LogP contribution in [0.2, 0.25) is 0 Å². The van der Waals surface area contributed by atoms with E-state index in [1.807, 2.05) is 6.92 Å². The molecule has 1 aliphatic rings. The molecule has 0 saturated carbocycles. The summed E-state index contributed by atoms with van der Waals surface area (Å²) in [6.07, 6.45) is 8.31. The van der Waals surface area contributed by atoms with E-state index in [4.69, 9.17) is 5.73 Å². The lowest BCUT2D eigenvalue weighted by molar-refractivity contribution is 0.364. The maximum absolute atomic E-state index is 14.2. The average Bonchev–Trinajstić information content (AvgIpc) is 2.55. The van der Waals surface area contributed by atoms with Gasteiger partial charge < -0.3 is 5.73 Å². The van der Waals surface area contributed by atoms with E-state index in [0.717, 1.165) is 30.5 Å². The second-order valence-corrected chi connectivity index (χ2v) is 6.48. The summed E-state index contributed by atoms with van der Waals surface area (Å²) in [5, 5.41) is 0. The highest BCUT2D eigenvalue weighted by molar-refractivity contribution is 5.32. The lowest BCUT2D eigenvalue weighted by Crippen LogP contribution is -2.11. The van der Waals surface area contributed by atoms with Crippen LogP contribution in [0, 0.1) is 5.92 Å². The predicted octanol–water partition coefficient (Wildman–Crippen LogP) is 5.05. The molecule has 24 heavy (non-hydrogen) atoms. The number of hydrogen-bond donors (Lipinski definition) is 1. The number of alkyl halides is 1. The van der Waals surface area contributed by atoms with Gasteiger partial charge in [-0.05, 0) is 50.2 Å². The number of rotatable bonds is 7. The van der Waals surface area contributed by atoms with Crippen molar-refractivity contribution in [2.75, 3.05) is 0 Å². The van der Waals surface area contributed by atoms with Crippen LogP contribution in [0.4, 0.5) is 8.78 Å². The molecule has 1 aromatic rings. The third-order valence-corrected chi connectivity index (χ3v) is 4.43. The van der Waals surface area contributed by atoms with Crippen LogP contribution in [0.1, 0.15) is 63.0 Å². The molecular weight excluding hydrogens is 308 g/mol. The van der Waals surface area contributed by atoms with Gasteiger partial charge in [0.2, 0.25) is 0 Å². The SMILES string of the molecule is C=C(N)CCCC(C)C1=C(F)C=CC(c2cnc(C(C)F)cn2)C1. The maximum Gasteiger partial charge on any atom is 0.141 e. The van der Waals surface area contributed by atoms with Gasteiger partial charge in [-0.2, -0.15) is 0 Å². The Labute approximate surface area is 142 Å². The first-order valence-electron chi connectivity index (χ1n) is 8.34. The standard InChI is InChI=1S/C19H25F2N3/c1-12(5-4-6-13(2)22)16-9-15(7-8-17(16)21)19-11-23-18(10-24-19)14(3)20/h7-8,10-12,14-15H,2,4-6,9,22H2,1,3H3. The Balaban J connectivity index is 2.04. The highest BCUT2D eigenvalue weighted by Gasteiger charge is 2.23. The van der Waals surface area contributed by atoms with Crippen molar-refractivity contribution in [3.05, 3.63) is 59.6 Å². The van der Waals surface area contributed by atoms with Crippen molar-refractivity contribution in [3.63, 3.8) is 0 Å². The molecule has 0 spiro atoms. The number of allylic oxidation sites excluding steroid dienone is 5. The van der Waals surface area contributed by atoms with Crippen molar-refractivity contribution in [2.45, 2.75) is 51.6 Å². The fourth-order valence-electron chi connectivity index (χ4n) is 2.90. The summed E-state index contributed by atoms with van der Waals surface area (Å²) in [4.78, 5) is 8.41. The molecule has 5 heteroatoms. The van der Waals surface area contributed by atoms with Gasteiger partial charge in [-0.1, -0.05) is 19.6 Å². The van der Waals surface area contributed by atoms with Crippen LogP contribution < -0.4 is 5.73 Å². The van der Waals surface area contributed by atoms with Crippen molar-refractivity contribution in [3.8, 4) is 0 Å². The zero-order valence-electron chi connectivity index (χ0n) is 14.3. The third kappa shape index (κ3) is 4.73. The van der Waals surface area contributed by atoms with E-state index in [1.54, 1.807) is 12.3 Å². The molecule has 3 atom stereocenters. The number of nitrogens with zero attached hydrogens (tertiary/aromatic N) is 2. The monoisotopic (exact) mass is 333 g/mol. The zero-order valence-corrected chi connectivity index (χ0v) is 14.3. The van der Waals surface area contributed by atoms with E-state index in [-0.39, 0.29) is 17.7 Å². The molecule has 0 amide bonds. The Morgan fingerprint density at radius 3 is 2.71 bits per heavy atom. The van der Waals surface area contributed by atoms with Gasteiger partial charge in [0.1, 0.15) is 12.0 Å². The second-order valence-electron chi connectivity index (χ2n) is 6.48. The molecule has 0 saturated heterocycles. The normalized spacial score (nSPS) is 20.1. The van der Waals surface area contributed by atoms with E-state index in [0.29, 0.717) is 17.8 Å². The van der Waals surface area contributed by atoms with Gasteiger partial charge in [0, 0.05) is 17.8 Å². The first-order valence-corrected chi connectivity index (χ1v) is 8.34. The van der Waals surface area contributed by atoms with Gasteiger partial charge in [0.25, 0.3) is 0 Å². The molecule has 1 aliphatic carbocycles. The van der Waals surface area contributed by atoms with Crippen molar-refractivity contribution in [1.82, 2.24) is 9.97 Å². The Morgan fingerprint density at radius 2 is 2.12 bits per heavy atom. The fourth-order valence-corrected chi connectivity index (χ4v) is 2.90. The maximum atomic E-state index is 14.2. The first kappa shape index (κ1) is 18.3. The van der Waals surface area contributed by atoms with Crippen molar-refractivity contribution in [1.29, 1.82) is 0 Å². The molecule has 2 rings (SSSR count). The van der Waals surface area contributed by atoms with Gasteiger partial charge in [0.15, 0.2) is 0 Å². The van der Waals surface area contributed by atoms with E-state index in [9.17, 15) is 8.78 Å². The lowest BCUT2D eigenvalue weighted by Gasteiger charge is -2.23. The molecule has 130 valence electrons. The molecule has 3 nitrogen and oxygen atoms in total. The van der Waals surface area contributed by atoms with E-state index < -0.39 is 6.17 Å². The summed E-state index contributed by atoms with van der Waals surface area (Å²) in [6.45, 7) is 7.15. The lowest BCUT2D eigenvalue weighted by atomic mass is 9.83. The summed E-state index contributed by atoms with van der Waals surface area (Å²) < 4.78 is 27.4. The van der Waals surface area contributed by atoms with Crippen molar-refractivity contribution >= 4 is 0 Å². The minimum absolute atomic E-state index is 0.0251. The number of halogens is 2. The summed E-state index contributed by atoms with van der Waals surface area (Å²) in [5.41, 5.74) is 8.10. The van der Waals surface area contributed by atoms with Gasteiger partial charge in [0.05, 0.1) is 17.6 Å². The number of aromatic nitrogens is 2. The Morgan fingerprint density at radius 1 is 1.38 bits per heavy atom. The molecule has 1 aromatic heterocycles. The molecule has 0 aromatic carbocycles. The number of hydrogen-bond acceptors (Lipinski definition) is 3. The van der Waals surface area contributed by atoms with Crippen LogP contribution in [0.15, 0.2) is 48.2 Å². The van der Waals surface area contributed by atoms with E-state index in [1.165, 1.54) is 19.2 Å². The minimum atomic E-state index is -1.14. The van der Waals surface area contributed by atoms with Gasteiger partial charge in [-0.25, -0.2) is 8.78 Å². The molecule has 1 heterocycles. The minimum Gasteiger partial charge on any atom is -0.403 e. The molecule has 2 N–H and O–H groups in total. The second kappa shape index (κ2) is 8.18. The molecule has 0 aliphatic heterocycles. The quantitative estimate of drug-likeness (QED) is 0.759. The predicted molar refractivity (Wildman–Crippen MR) is 92.5 cm³/mol. The molecule has 0 bridgehead atoms. The summed E-state index contributed by atoms with van der Waals surface area (Å²) >= 11 is 0. The Hall–Kier alpha value is -2.04. The molecule has 0 fully saturated rings. The Bertz CT molecular complexity index is 633. The van der Waals surface area contributed by atoms with E-state index in [2.05, 4.69) is 16.5 Å². The highest BCUT2D eigenvalue weighted by atomic mass is 19.1. The van der Waals surface area contributed by atoms with Crippen LogP contribution in [-0.4, -0.2) is 9.97 Å². The third-order valence-electron chi connectivity index (χ3n) is 4.43. The van der Waals surface area contributed by atoms with Crippen LogP contribution >= 0.6 is 0 Å². The fraction of sp³-hybridized carbons (Fsp3) is 0.474. The largest absolute Gasteiger partial charge is 0.403 e. The van der Waals surface area contributed by atoms with Crippen molar-refractivity contribution in [2.24, 2.45) is 11.7 Å². The zero-order chi connectivity index (χ0) is 17.7. The smallest absolute Gasteiger partial charge is 0.141 e. The molecular formula is C19H25F2N3. The van der Waals surface area contributed by atoms with Crippen LogP contribution in [0.3, 0.4) is 0 Å². The van der Waals surface area contributed by atoms with Crippen LogP contribution in [0.25, 0.3) is 0 Å². The molecule has 3 unspecified atom stereocenters. The summed E-state index contributed by atoms with van der Waals surface area (Å²) in [7, 11) is 0. The van der Waals surface area contributed by atoms with E-state index >= 15 is 0 Å². The number of nitrogens with two attached hydrogens (primary N) is 1. The molecule has 0 radical (unpaired) electrons. The average molecular weight is 333 g/mol. The van der Waals surface area contributed by atoms with Gasteiger partial charge >= 0.3 is 0 Å². The van der Waals surface area contributed by atoms with Crippen molar-refractivity contribution < 1.29 is 8.78 Å². The van der Waals surface area contributed by atoms with Gasteiger partial charge in [-0.15, -0.1) is 0 Å². The summed E-state index contributed by atoms with van der Waals surface area (Å²) in [6, 6.07) is 0. The van der Waals surface area contributed by atoms with Crippen LogP contribution in [-0.2, 0) is 0 Å². The van der Waals surface area contributed by atoms with Crippen LogP contribution in [0.5, 0.6) is 0 Å². The van der Waals surface area contributed by atoms with Gasteiger partial charge in [-0.3, -0.25) is 9.97 Å². The first-order chi connectivity index (χ1) is 11.4. The summed E-state index contributed by atoms with van der Waals surface area (Å²) in [5.74, 6) is -0.0509. The Kier molecular flexibility index (Phi) is 6.23.